The molecular weight excluding hydrogens is 240 g/mol. The van der Waals surface area contributed by atoms with E-state index in [9.17, 15) is 4.79 Å². The SMILES string of the molecule is COCCC(=O)NC(CN)C1CCCCC1.Cl. The van der Waals surface area contributed by atoms with Crippen LogP contribution in [0.15, 0.2) is 0 Å². The fourth-order valence-corrected chi connectivity index (χ4v) is 2.38. The maximum atomic E-state index is 11.6. The van der Waals surface area contributed by atoms with Gasteiger partial charge in [0.15, 0.2) is 0 Å². The van der Waals surface area contributed by atoms with Gasteiger partial charge in [-0.2, -0.15) is 0 Å². The highest BCUT2D eigenvalue weighted by Crippen LogP contribution is 2.26. The maximum absolute atomic E-state index is 11.6. The number of halogens is 1. The van der Waals surface area contributed by atoms with Gasteiger partial charge < -0.3 is 15.8 Å². The van der Waals surface area contributed by atoms with Gasteiger partial charge in [0.05, 0.1) is 6.61 Å². The molecular formula is C12H25ClN2O2. The van der Waals surface area contributed by atoms with E-state index < -0.39 is 0 Å². The first-order valence-corrected chi connectivity index (χ1v) is 6.26. The Bertz CT molecular complexity index is 209. The number of hydrogen-bond donors (Lipinski definition) is 2. The molecule has 0 aliphatic heterocycles. The summed E-state index contributed by atoms with van der Waals surface area (Å²) in [5.41, 5.74) is 5.73. The Labute approximate surface area is 110 Å². The molecule has 0 bridgehead atoms. The minimum Gasteiger partial charge on any atom is -0.384 e. The van der Waals surface area contributed by atoms with E-state index in [0.29, 0.717) is 25.5 Å². The summed E-state index contributed by atoms with van der Waals surface area (Å²) in [7, 11) is 1.61. The van der Waals surface area contributed by atoms with Crippen LogP contribution in [0.3, 0.4) is 0 Å². The van der Waals surface area contributed by atoms with Crippen molar-refractivity contribution in [2.45, 2.75) is 44.6 Å². The fraction of sp³-hybridized carbons (Fsp3) is 0.917. The average molecular weight is 265 g/mol. The molecule has 1 amide bonds. The van der Waals surface area contributed by atoms with E-state index in [2.05, 4.69) is 5.32 Å². The lowest BCUT2D eigenvalue weighted by molar-refractivity contribution is -0.123. The second kappa shape index (κ2) is 9.68. The fourth-order valence-electron chi connectivity index (χ4n) is 2.38. The van der Waals surface area contributed by atoms with E-state index in [1.807, 2.05) is 0 Å². The highest BCUT2D eigenvalue weighted by Gasteiger charge is 2.23. The Kier molecular flexibility index (Phi) is 9.50. The summed E-state index contributed by atoms with van der Waals surface area (Å²) in [4.78, 5) is 11.6. The second-order valence-electron chi connectivity index (χ2n) is 4.55. The number of amides is 1. The van der Waals surface area contributed by atoms with Crippen LogP contribution < -0.4 is 11.1 Å². The predicted octanol–water partition coefficient (Wildman–Crippen LogP) is 1.47. The highest BCUT2D eigenvalue weighted by atomic mass is 35.5. The first-order chi connectivity index (χ1) is 7.77. The first kappa shape index (κ1) is 16.7. The second-order valence-corrected chi connectivity index (χ2v) is 4.55. The molecule has 1 aliphatic rings. The lowest BCUT2D eigenvalue weighted by atomic mass is 9.84. The largest absolute Gasteiger partial charge is 0.384 e. The van der Waals surface area contributed by atoms with E-state index in [4.69, 9.17) is 10.5 Å². The standard InChI is InChI=1S/C12H24N2O2.ClH/c1-16-8-7-12(15)14-11(9-13)10-5-3-2-4-6-10;/h10-11H,2-9,13H2,1H3,(H,14,15);1H. The minimum atomic E-state index is 0. The zero-order valence-electron chi connectivity index (χ0n) is 10.6. The Balaban J connectivity index is 0.00000256. The molecule has 1 unspecified atom stereocenters. The van der Waals surface area contributed by atoms with Gasteiger partial charge in [-0.25, -0.2) is 0 Å². The van der Waals surface area contributed by atoms with Crippen LogP contribution in [0.1, 0.15) is 38.5 Å². The summed E-state index contributed by atoms with van der Waals surface area (Å²) in [5.74, 6) is 0.633. The molecule has 1 aliphatic carbocycles. The summed E-state index contributed by atoms with van der Waals surface area (Å²) in [6.07, 6.45) is 6.70. The minimum absolute atomic E-state index is 0. The lowest BCUT2D eigenvalue weighted by Crippen LogP contribution is -2.46. The molecule has 0 saturated heterocycles. The summed E-state index contributed by atoms with van der Waals surface area (Å²) >= 11 is 0. The van der Waals surface area contributed by atoms with Crippen molar-refractivity contribution in [3.63, 3.8) is 0 Å². The monoisotopic (exact) mass is 264 g/mol. The molecule has 0 aromatic heterocycles. The Morgan fingerprint density at radius 2 is 2.06 bits per heavy atom. The zero-order valence-corrected chi connectivity index (χ0v) is 11.4. The summed E-state index contributed by atoms with van der Waals surface area (Å²) in [6, 6.07) is 0.157. The summed E-state index contributed by atoms with van der Waals surface area (Å²) in [5, 5.41) is 3.03. The molecule has 0 spiro atoms. The molecule has 3 N–H and O–H groups in total. The molecule has 1 fully saturated rings. The molecule has 102 valence electrons. The van der Waals surface area contributed by atoms with Crippen molar-refractivity contribution in [1.29, 1.82) is 0 Å². The summed E-state index contributed by atoms with van der Waals surface area (Å²) in [6.45, 7) is 1.02. The predicted molar refractivity (Wildman–Crippen MR) is 71.3 cm³/mol. The van der Waals surface area contributed by atoms with Gasteiger partial charge in [0.25, 0.3) is 0 Å². The number of nitrogens with two attached hydrogens (primary N) is 1. The Morgan fingerprint density at radius 1 is 1.41 bits per heavy atom. The maximum Gasteiger partial charge on any atom is 0.222 e. The number of hydrogen-bond acceptors (Lipinski definition) is 3. The summed E-state index contributed by atoms with van der Waals surface area (Å²) < 4.78 is 4.88. The van der Waals surface area contributed by atoms with E-state index in [1.165, 1.54) is 32.1 Å². The van der Waals surface area contributed by atoms with Crippen LogP contribution in [0.2, 0.25) is 0 Å². The normalized spacial score (nSPS) is 18.2. The molecule has 0 heterocycles. The number of carbonyl (C=O) groups is 1. The molecule has 5 heteroatoms. The van der Waals surface area contributed by atoms with Gasteiger partial charge in [0.2, 0.25) is 5.91 Å². The van der Waals surface area contributed by atoms with Crippen molar-refractivity contribution >= 4 is 18.3 Å². The third-order valence-electron chi connectivity index (χ3n) is 3.35. The molecule has 0 aromatic carbocycles. The van der Waals surface area contributed by atoms with Gasteiger partial charge in [-0.05, 0) is 18.8 Å². The van der Waals surface area contributed by atoms with E-state index in [1.54, 1.807) is 7.11 Å². The molecule has 1 rings (SSSR count). The van der Waals surface area contributed by atoms with Crippen LogP contribution >= 0.6 is 12.4 Å². The molecule has 1 atom stereocenters. The molecule has 17 heavy (non-hydrogen) atoms. The van der Waals surface area contributed by atoms with E-state index in [0.717, 1.165) is 0 Å². The van der Waals surface area contributed by atoms with Crippen molar-refractivity contribution in [2.24, 2.45) is 11.7 Å². The lowest BCUT2D eigenvalue weighted by Gasteiger charge is -2.30. The zero-order chi connectivity index (χ0) is 11.8. The van der Waals surface area contributed by atoms with Gasteiger partial charge in [0, 0.05) is 26.1 Å². The van der Waals surface area contributed by atoms with E-state index in [-0.39, 0.29) is 24.4 Å². The average Bonchev–Trinajstić information content (AvgIpc) is 2.34. The third-order valence-corrected chi connectivity index (χ3v) is 3.35. The Morgan fingerprint density at radius 3 is 2.59 bits per heavy atom. The van der Waals surface area contributed by atoms with Crippen molar-refractivity contribution in [3.8, 4) is 0 Å². The first-order valence-electron chi connectivity index (χ1n) is 6.26. The molecule has 0 aromatic rings. The van der Waals surface area contributed by atoms with Crippen LogP contribution in [0, 0.1) is 5.92 Å². The van der Waals surface area contributed by atoms with Crippen molar-refractivity contribution in [1.82, 2.24) is 5.32 Å². The number of methoxy groups -OCH3 is 1. The smallest absolute Gasteiger partial charge is 0.222 e. The van der Waals surface area contributed by atoms with Gasteiger partial charge in [-0.3, -0.25) is 4.79 Å². The van der Waals surface area contributed by atoms with Crippen LogP contribution in [0.5, 0.6) is 0 Å². The van der Waals surface area contributed by atoms with Crippen molar-refractivity contribution < 1.29 is 9.53 Å². The number of carbonyl (C=O) groups excluding carboxylic acids is 1. The van der Waals surface area contributed by atoms with Crippen molar-refractivity contribution in [3.05, 3.63) is 0 Å². The van der Waals surface area contributed by atoms with Crippen LogP contribution in [0.4, 0.5) is 0 Å². The van der Waals surface area contributed by atoms with E-state index >= 15 is 0 Å². The third kappa shape index (κ3) is 6.24. The molecule has 4 nitrogen and oxygen atoms in total. The van der Waals surface area contributed by atoms with Gasteiger partial charge in [-0.1, -0.05) is 19.3 Å². The topological polar surface area (TPSA) is 64.3 Å². The van der Waals surface area contributed by atoms with Crippen LogP contribution in [-0.4, -0.2) is 32.2 Å². The van der Waals surface area contributed by atoms with Gasteiger partial charge in [-0.15, -0.1) is 12.4 Å². The number of rotatable bonds is 6. The Hall–Kier alpha value is -0.320. The van der Waals surface area contributed by atoms with Gasteiger partial charge in [0.1, 0.15) is 0 Å². The van der Waals surface area contributed by atoms with Gasteiger partial charge >= 0.3 is 0 Å². The van der Waals surface area contributed by atoms with Crippen LogP contribution in [-0.2, 0) is 9.53 Å². The molecule has 1 saturated carbocycles. The quantitative estimate of drug-likeness (QED) is 0.764. The number of nitrogens with one attached hydrogen (secondary N) is 1. The highest BCUT2D eigenvalue weighted by molar-refractivity contribution is 5.85. The number of ether oxygens (including phenoxy) is 1. The van der Waals surface area contributed by atoms with Crippen molar-refractivity contribution in [2.75, 3.05) is 20.3 Å². The molecule has 0 radical (unpaired) electrons. The van der Waals surface area contributed by atoms with Crippen LogP contribution in [0.25, 0.3) is 0 Å².